The highest BCUT2D eigenvalue weighted by molar-refractivity contribution is 6.30. The number of halogens is 2. The highest BCUT2D eigenvalue weighted by atomic mass is 35.5. The number of hydrogen-bond donors (Lipinski definition) is 1. The van der Waals surface area contributed by atoms with E-state index in [0.29, 0.717) is 25.4 Å². The normalized spacial score (nSPS) is 26.0. The molecule has 0 bridgehead atoms. The third-order valence-electron chi connectivity index (χ3n) is 3.00. The van der Waals surface area contributed by atoms with E-state index in [1.807, 2.05) is 0 Å². The first-order chi connectivity index (χ1) is 9.11. The minimum atomic E-state index is -0.556. The lowest BCUT2D eigenvalue weighted by Gasteiger charge is -2.40. The molecule has 6 heteroatoms. The van der Waals surface area contributed by atoms with Crippen LogP contribution < -0.4 is 4.74 Å². The van der Waals surface area contributed by atoms with E-state index in [-0.39, 0.29) is 11.1 Å². The van der Waals surface area contributed by atoms with Gasteiger partial charge in [-0.3, -0.25) is 0 Å². The molecule has 1 aliphatic carbocycles. The summed E-state index contributed by atoms with van der Waals surface area (Å²) in [6, 6.07) is 4.24. The third-order valence-corrected chi connectivity index (χ3v) is 3.30. The van der Waals surface area contributed by atoms with Crippen molar-refractivity contribution in [3.63, 3.8) is 0 Å². The lowest BCUT2D eigenvalue weighted by atomic mass is 9.88. The van der Waals surface area contributed by atoms with Crippen LogP contribution in [0.4, 0.5) is 4.39 Å². The molecular formula is C13H16ClFO4. The van der Waals surface area contributed by atoms with E-state index in [1.165, 1.54) is 12.1 Å². The summed E-state index contributed by atoms with van der Waals surface area (Å²) in [6.07, 6.45) is -0.789. The molecule has 0 saturated heterocycles. The highest BCUT2D eigenvalue weighted by Crippen LogP contribution is 2.30. The largest absolute Gasteiger partial charge is 0.487 e. The van der Waals surface area contributed by atoms with Gasteiger partial charge in [0.05, 0.1) is 24.3 Å². The number of rotatable bonds is 6. The SMILES string of the molecule is COCCOC1C(O)CC1Oc1ccc(Cl)c(F)c1. The first kappa shape index (κ1) is 14.5. The van der Waals surface area contributed by atoms with Crippen molar-refractivity contribution >= 4 is 11.6 Å². The van der Waals surface area contributed by atoms with E-state index in [4.69, 9.17) is 25.8 Å². The summed E-state index contributed by atoms with van der Waals surface area (Å²) in [4.78, 5) is 0. The molecule has 1 aliphatic rings. The molecule has 0 heterocycles. The van der Waals surface area contributed by atoms with Crippen LogP contribution in [-0.2, 0) is 9.47 Å². The second-order valence-corrected chi connectivity index (χ2v) is 4.77. The number of ether oxygens (including phenoxy) is 3. The van der Waals surface area contributed by atoms with Gasteiger partial charge in [0.2, 0.25) is 0 Å². The van der Waals surface area contributed by atoms with Crippen molar-refractivity contribution in [3.05, 3.63) is 29.0 Å². The van der Waals surface area contributed by atoms with E-state index >= 15 is 0 Å². The zero-order chi connectivity index (χ0) is 13.8. The van der Waals surface area contributed by atoms with Gasteiger partial charge in [-0.15, -0.1) is 0 Å². The lowest BCUT2D eigenvalue weighted by Crippen LogP contribution is -2.55. The lowest BCUT2D eigenvalue weighted by molar-refractivity contribution is -0.167. The van der Waals surface area contributed by atoms with Gasteiger partial charge >= 0.3 is 0 Å². The molecule has 0 radical (unpaired) electrons. The molecule has 1 N–H and O–H groups in total. The van der Waals surface area contributed by atoms with Crippen LogP contribution in [0.5, 0.6) is 5.75 Å². The molecule has 19 heavy (non-hydrogen) atoms. The maximum absolute atomic E-state index is 13.3. The maximum atomic E-state index is 13.3. The summed E-state index contributed by atoms with van der Waals surface area (Å²) >= 11 is 5.59. The quantitative estimate of drug-likeness (QED) is 0.815. The van der Waals surface area contributed by atoms with Crippen molar-refractivity contribution in [2.24, 2.45) is 0 Å². The fourth-order valence-corrected chi connectivity index (χ4v) is 2.00. The molecule has 2 rings (SSSR count). The van der Waals surface area contributed by atoms with Gasteiger partial charge in [0.15, 0.2) is 0 Å². The third kappa shape index (κ3) is 3.57. The van der Waals surface area contributed by atoms with Crippen LogP contribution in [0.25, 0.3) is 0 Å². The van der Waals surface area contributed by atoms with Gasteiger partial charge in [0.1, 0.15) is 23.8 Å². The summed E-state index contributed by atoms with van der Waals surface area (Å²) in [7, 11) is 1.57. The number of hydrogen-bond acceptors (Lipinski definition) is 4. The van der Waals surface area contributed by atoms with Crippen LogP contribution in [0.1, 0.15) is 6.42 Å². The molecule has 0 aliphatic heterocycles. The summed E-state index contributed by atoms with van der Waals surface area (Å²) < 4.78 is 29.2. The molecule has 0 aromatic heterocycles. The van der Waals surface area contributed by atoms with Crippen molar-refractivity contribution in [1.82, 2.24) is 0 Å². The zero-order valence-electron chi connectivity index (χ0n) is 10.5. The summed E-state index contributed by atoms with van der Waals surface area (Å²) in [5, 5.41) is 9.66. The Morgan fingerprint density at radius 2 is 2.21 bits per heavy atom. The predicted octanol–water partition coefficient (Wildman–Crippen LogP) is 2.02. The molecule has 1 aromatic rings. The first-order valence-corrected chi connectivity index (χ1v) is 6.40. The smallest absolute Gasteiger partial charge is 0.145 e. The van der Waals surface area contributed by atoms with Gasteiger partial charge in [0, 0.05) is 19.6 Å². The van der Waals surface area contributed by atoms with E-state index in [9.17, 15) is 9.50 Å². The van der Waals surface area contributed by atoms with E-state index in [2.05, 4.69) is 0 Å². The molecule has 0 amide bonds. The van der Waals surface area contributed by atoms with Gasteiger partial charge in [-0.25, -0.2) is 4.39 Å². The first-order valence-electron chi connectivity index (χ1n) is 6.02. The second-order valence-electron chi connectivity index (χ2n) is 4.36. The molecule has 1 fully saturated rings. The topological polar surface area (TPSA) is 47.9 Å². The van der Waals surface area contributed by atoms with Crippen molar-refractivity contribution < 1.29 is 23.7 Å². The number of aliphatic hydroxyl groups is 1. The maximum Gasteiger partial charge on any atom is 0.145 e. The summed E-state index contributed by atoms with van der Waals surface area (Å²) in [5.74, 6) is -0.157. The highest BCUT2D eigenvalue weighted by Gasteiger charge is 2.42. The minimum absolute atomic E-state index is 0.0499. The van der Waals surface area contributed by atoms with Gasteiger partial charge in [-0.1, -0.05) is 11.6 Å². The Labute approximate surface area is 116 Å². The summed E-state index contributed by atoms with van der Waals surface area (Å²) in [6.45, 7) is 0.832. The number of aliphatic hydroxyl groups excluding tert-OH is 1. The molecule has 1 saturated carbocycles. The average Bonchev–Trinajstić information content (AvgIpc) is 2.38. The van der Waals surface area contributed by atoms with Crippen LogP contribution in [0.3, 0.4) is 0 Å². The van der Waals surface area contributed by atoms with Gasteiger partial charge in [0.25, 0.3) is 0 Å². The van der Waals surface area contributed by atoms with E-state index in [0.717, 1.165) is 0 Å². The Hall–Kier alpha value is -0.880. The predicted molar refractivity (Wildman–Crippen MR) is 68.1 cm³/mol. The summed E-state index contributed by atoms with van der Waals surface area (Å²) in [5.41, 5.74) is 0. The van der Waals surface area contributed by atoms with Crippen LogP contribution in [0, 0.1) is 5.82 Å². The van der Waals surface area contributed by atoms with Crippen molar-refractivity contribution in [2.75, 3.05) is 20.3 Å². The second kappa shape index (κ2) is 6.52. The minimum Gasteiger partial charge on any atom is -0.487 e. The zero-order valence-corrected chi connectivity index (χ0v) is 11.3. The fraction of sp³-hybridized carbons (Fsp3) is 0.538. The Kier molecular flexibility index (Phi) is 4.99. The molecular weight excluding hydrogens is 275 g/mol. The Balaban J connectivity index is 1.89. The van der Waals surface area contributed by atoms with Crippen LogP contribution >= 0.6 is 11.6 Å². The van der Waals surface area contributed by atoms with Gasteiger partial charge in [-0.2, -0.15) is 0 Å². The van der Waals surface area contributed by atoms with Crippen molar-refractivity contribution in [3.8, 4) is 5.75 Å². The molecule has 4 nitrogen and oxygen atoms in total. The Morgan fingerprint density at radius 3 is 2.84 bits per heavy atom. The Morgan fingerprint density at radius 1 is 1.42 bits per heavy atom. The molecule has 106 valence electrons. The van der Waals surface area contributed by atoms with Gasteiger partial charge < -0.3 is 19.3 Å². The number of methoxy groups -OCH3 is 1. The fourth-order valence-electron chi connectivity index (χ4n) is 1.88. The number of benzene rings is 1. The molecule has 0 spiro atoms. The van der Waals surface area contributed by atoms with Crippen molar-refractivity contribution in [1.29, 1.82) is 0 Å². The monoisotopic (exact) mass is 290 g/mol. The molecule has 1 aromatic carbocycles. The standard InChI is InChI=1S/C13H16ClFO4/c1-17-4-5-18-13-11(16)7-12(13)19-8-2-3-9(14)10(15)6-8/h2-3,6,11-13,16H,4-5,7H2,1H3. The van der Waals surface area contributed by atoms with Crippen molar-refractivity contribution in [2.45, 2.75) is 24.7 Å². The van der Waals surface area contributed by atoms with E-state index < -0.39 is 18.0 Å². The van der Waals surface area contributed by atoms with Crippen LogP contribution in [0.2, 0.25) is 5.02 Å². The van der Waals surface area contributed by atoms with Crippen LogP contribution in [0.15, 0.2) is 18.2 Å². The average molecular weight is 291 g/mol. The van der Waals surface area contributed by atoms with E-state index in [1.54, 1.807) is 13.2 Å². The van der Waals surface area contributed by atoms with Crippen LogP contribution in [-0.4, -0.2) is 43.7 Å². The molecule has 3 atom stereocenters. The Bertz CT molecular complexity index is 429. The van der Waals surface area contributed by atoms with Gasteiger partial charge in [-0.05, 0) is 12.1 Å². The molecule has 3 unspecified atom stereocenters.